The van der Waals surface area contributed by atoms with E-state index in [9.17, 15) is 9.59 Å². The number of aryl methyl sites for hydroxylation is 1. The molecule has 2 aliphatic heterocycles. The Balaban J connectivity index is 1.52. The van der Waals surface area contributed by atoms with Crippen LogP contribution in [-0.4, -0.2) is 29.8 Å². The van der Waals surface area contributed by atoms with E-state index in [-0.39, 0.29) is 11.8 Å². The highest BCUT2D eigenvalue weighted by Crippen LogP contribution is 2.43. The number of fused-ring (bicyclic) bond motifs is 1. The molecule has 1 saturated heterocycles. The lowest BCUT2D eigenvalue weighted by Crippen LogP contribution is -2.42. The molecule has 2 aliphatic rings. The van der Waals surface area contributed by atoms with E-state index in [1.54, 1.807) is 0 Å². The third-order valence-corrected chi connectivity index (χ3v) is 7.93. The molecule has 5 heteroatoms. The minimum absolute atomic E-state index is 0.0392. The molecule has 36 heavy (non-hydrogen) atoms. The van der Waals surface area contributed by atoms with Gasteiger partial charge < -0.3 is 9.80 Å². The molecule has 0 aromatic heterocycles. The second kappa shape index (κ2) is 10.4. The van der Waals surface area contributed by atoms with Crippen LogP contribution in [0, 0.1) is 18.8 Å². The van der Waals surface area contributed by atoms with Gasteiger partial charge in [0.15, 0.2) is 0 Å². The molecule has 5 rings (SSSR count). The molecular formula is C31H32N2O2S. The minimum atomic E-state index is -0.0392. The normalized spacial score (nSPS) is 21.0. The predicted molar refractivity (Wildman–Crippen MR) is 148 cm³/mol. The van der Waals surface area contributed by atoms with Crippen molar-refractivity contribution in [1.29, 1.82) is 0 Å². The second-order valence-electron chi connectivity index (χ2n) is 10.2. The molecule has 2 atom stereocenters. The number of benzene rings is 3. The number of hydrogen-bond donors (Lipinski definition) is 0. The van der Waals surface area contributed by atoms with Gasteiger partial charge in [0.1, 0.15) is 0 Å². The Morgan fingerprint density at radius 1 is 0.972 bits per heavy atom. The topological polar surface area (TPSA) is 40.6 Å². The average molecular weight is 497 g/mol. The molecule has 2 heterocycles. The first-order valence-electron chi connectivity index (χ1n) is 12.6. The number of amides is 2. The minimum Gasteiger partial charge on any atom is -0.338 e. The van der Waals surface area contributed by atoms with Gasteiger partial charge in [-0.25, -0.2) is 0 Å². The lowest BCUT2D eigenvalue weighted by atomic mass is 9.91. The van der Waals surface area contributed by atoms with Gasteiger partial charge in [-0.2, -0.15) is 0 Å². The Labute approximate surface area is 218 Å². The fraction of sp³-hybridized carbons (Fsp3) is 0.290. The number of carbonyl (C=O) groups is 2. The number of carbonyl (C=O) groups excluding carboxylic acids is 2. The zero-order valence-corrected chi connectivity index (χ0v) is 21.9. The van der Waals surface area contributed by atoms with Crippen LogP contribution in [0.25, 0.3) is 6.08 Å². The highest BCUT2D eigenvalue weighted by Gasteiger charge is 2.32. The number of piperidine rings is 1. The van der Waals surface area contributed by atoms with Crippen molar-refractivity contribution < 1.29 is 9.59 Å². The highest BCUT2D eigenvalue weighted by molar-refractivity contribution is 8.04. The van der Waals surface area contributed by atoms with Crippen molar-refractivity contribution in [3.8, 4) is 0 Å². The summed E-state index contributed by atoms with van der Waals surface area (Å²) in [7, 11) is 0. The Bertz CT molecular complexity index is 1310. The standard InChI is InChI=1S/C31H32N2O2S/c1-21-8-7-11-25(15-21)20-33-27-17-26(30(34)32-18-22(2)14-23(3)19-32)12-13-28(27)36-29(31(33)35)16-24-9-5-4-6-10-24/h4-13,15-17,22-23H,14,18-20H2,1-3H3/b29-16+/t22-,23-/m0/s1. The van der Waals surface area contributed by atoms with Crippen LogP contribution in [0.4, 0.5) is 5.69 Å². The maximum Gasteiger partial charge on any atom is 0.265 e. The van der Waals surface area contributed by atoms with Crippen LogP contribution >= 0.6 is 11.8 Å². The summed E-state index contributed by atoms with van der Waals surface area (Å²) >= 11 is 1.48. The smallest absolute Gasteiger partial charge is 0.265 e. The molecule has 0 saturated carbocycles. The summed E-state index contributed by atoms with van der Waals surface area (Å²) in [5.41, 5.74) is 4.67. The van der Waals surface area contributed by atoms with Crippen LogP contribution in [0.15, 0.2) is 82.6 Å². The van der Waals surface area contributed by atoms with E-state index in [0.29, 0.717) is 28.8 Å². The maximum absolute atomic E-state index is 13.8. The van der Waals surface area contributed by atoms with Crippen LogP contribution in [0.1, 0.15) is 47.3 Å². The quantitative estimate of drug-likeness (QED) is 0.373. The van der Waals surface area contributed by atoms with Crippen molar-refractivity contribution in [2.24, 2.45) is 11.8 Å². The van der Waals surface area contributed by atoms with Gasteiger partial charge >= 0.3 is 0 Å². The number of nitrogens with zero attached hydrogens (tertiary/aromatic N) is 2. The van der Waals surface area contributed by atoms with E-state index in [1.165, 1.54) is 11.8 Å². The van der Waals surface area contributed by atoms with Crippen molar-refractivity contribution in [3.63, 3.8) is 0 Å². The summed E-state index contributed by atoms with van der Waals surface area (Å²) in [6.45, 7) is 8.50. The Morgan fingerprint density at radius 3 is 2.44 bits per heavy atom. The van der Waals surface area contributed by atoms with Gasteiger partial charge in [0.05, 0.1) is 17.1 Å². The number of anilines is 1. The van der Waals surface area contributed by atoms with Gasteiger partial charge in [0.25, 0.3) is 11.8 Å². The highest BCUT2D eigenvalue weighted by atomic mass is 32.2. The Morgan fingerprint density at radius 2 is 1.72 bits per heavy atom. The monoisotopic (exact) mass is 496 g/mol. The molecule has 0 radical (unpaired) electrons. The fourth-order valence-electron chi connectivity index (χ4n) is 5.31. The molecule has 4 nitrogen and oxygen atoms in total. The van der Waals surface area contributed by atoms with Gasteiger partial charge in [-0.1, -0.05) is 85.8 Å². The first-order valence-corrected chi connectivity index (χ1v) is 13.4. The van der Waals surface area contributed by atoms with Crippen LogP contribution in [-0.2, 0) is 11.3 Å². The maximum atomic E-state index is 13.8. The Hall–Kier alpha value is -3.31. The summed E-state index contributed by atoms with van der Waals surface area (Å²) in [5.74, 6) is 1.00. The molecule has 0 spiro atoms. The van der Waals surface area contributed by atoms with Crippen LogP contribution in [0.2, 0.25) is 0 Å². The summed E-state index contributed by atoms with van der Waals surface area (Å²) in [4.78, 5) is 32.7. The van der Waals surface area contributed by atoms with Crippen LogP contribution in [0.3, 0.4) is 0 Å². The molecular weight excluding hydrogens is 464 g/mol. The zero-order chi connectivity index (χ0) is 25.2. The lowest BCUT2D eigenvalue weighted by molar-refractivity contribution is -0.114. The third-order valence-electron chi connectivity index (χ3n) is 6.85. The largest absolute Gasteiger partial charge is 0.338 e. The molecule has 184 valence electrons. The van der Waals surface area contributed by atoms with E-state index < -0.39 is 0 Å². The van der Waals surface area contributed by atoms with Gasteiger partial charge in [0.2, 0.25) is 0 Å². The van der Waals surface area contributed by atoms with Crippen molar-refractivity contribution in [1.82, 2.24) is 4.90 Å². The number of rotatable bonds is 4. The zero-order valence-electron chi connectivity index (χ0n) is 21.1. The van der Waals surface area contributed by atoms with Crippen molar-refractivity contribution in [2.45, 2.75) is 38.6 Å². The molecule has 2 amide bonds. The summed E-state index contributed by atoms with van der Waals surface area (Å²) in [6.07, 6.45) is 3.11. The first kappa shape index (κ1) is 24.4. The van der Waals surface area contributed by atoms with Crippen molar-refractivity contribution in [3.05, 3.63) is 100.0 Å². The molecule has 1 fully saturated rings. The molecule has 0 bridgehead atoms. The average Bonchev–Trinajstić information content (AvgIpc) is 2.86. The Kier molecular flexibility index (Phi) is 7.01. The molecule has 0 aliphatic carbocycles. The summed E-state index contributed by atoms with van der Waals surface area (Å²) in [5, 5.41) is 0. The predicted octanol–water partition coefficient (Wildman–Crippen LogP) is 6.79. The number of thioether (sulfide) groups is 1. The molecule has 0 unspecified atom stereocenters. The van der Waals surface area contributed by atoms with E-state index in [0.717, 1.165) is 46.8 Å². The van der Waals surface area contributed by atoms with Crippen molar-refractivity contribution >= 4 is 35.3 Å². The van der Waals surface area contributed by atoms with E-state index in [4.69, 9.17) is 0 Å². The number of hydrogen-bond acceptors (Lipinski definition) is 3. The first-order chi connectivity index (χ1) is 17.4. The lowest BCUT2D eigenvalue weighted by Gasteiger charge is -2.35. The van der Waals surface area contributed by atoms with Crippen LogP contribution < -0.4 is 4.90 Å². The second-order valence-corrected chi connectivity index (χ2v) is 11.3. The summed E-state index contributed by atoms with van der Waals surface area (Å²) in [6, 6.07) is 24.0. The molecule has 0 N–H and O–H groups in total. The van der Waals surface area contributed by atoms with E-state index >= 15 is 0 Å². The van der Waals surface area contributed by atoms with E-state index in [2.05, 4.69) is 32.9 Å². The molecule has 3 aromatic carbocycles. The van der Waals surface area contributed by atoms with Gasteiger partial charge in [-0.3, -0.25) is 9.59 Å². The SMILES string of the molecule is Cc1cccc(CN2C(=O)/C(=C\c3ccccc3)Sc3ccc(C(=O)N4C[C@@H](C)C[C@H](C)C4)cc32)c1. The van der Waals surface area contributed by atoms with Gasteiger partial charge in [0, 0.05) is 23.5 Å². The van der Waals surface area contributed by atoms with Crippen LogP contribution in [0.5, 0.6) is 0 Å². The van der Waals surface area contributed by atoms with E-state index in [1.807, 2.05) is 76.5 Å². The molecule has 3 aromatic rings. The fourth-order valence-corrected chi connectivity index (χ4v) is 6.34. The van der Waals surface area contributed by atoms with Gasteiger partial charge in [-0.15, -0.1) is 0 Å². The summed E-state index contributed by atoms with van der Waals surface area (Å²) < 4.78 is 0. The van der Waals surface area contributed by atoms with Gasteiger partial charge in [-0.05, 0) is 60.6 Å². The third kappa shape index (κ3) is 5.26. The number of likely N-dealkylation sites (tertiary alicyclic amines) is 1. The van der Waals surface area contributed by atoms with Crippen molar-refractivity contribution in [2.75, 3.05) is 18.0 Å².